The third-order valence-corrected chi connectivity index (χ3v) is 3.22. The van der Waals surface area contributed by atoms with Crippen molar-refractivity contribution in [1.82, 2.24) is 0 Å². The minimum atomic E-state index is -0.522. The van der Waals surface area contributed by atoms with Crippen LogP contribution in [0.5, 0.6) is 5.75 Å². The van der Waals surface area contributed by atoms with Crippen LogP contribution in [0, 0.1) is 15.9 Å². The van der Waals surface area contributed by atoms with Crippen LogP contribution < -0.4 is 5.32 Å². The van der Waals surface area contributed by atoms with Gasteiger partial charge < -0.3 is 10.4 Å². The molecule has 0 radical (unpaired) electrons. The molecule has 0 unspecified atom stereocenters. The van der Waals surface area contributed by atoms with Gasteiger partial charge in [-0.1, -0.05) is 0 Å². The molecule has 0 spiro atoms. The van der Waals surface area contributed by atoms with E-state index < -0.39 is 10.7 Å². The van der Waals surface area contributed by atoms with E-state index in [0.717, 1.165) is 6.07 Å². The Balaban J connectivity index is 2.11. The number of hydrogen-bond acceptors (Lipinski definition) is 4. The van der Waals surface area contributed by atoms with Crippen LogP contribution in [0.1, 0.15) is 5.56 Å². The van der Waals surface area contributed by atoms with Gasteiger partial charge in [-0.05, 0) is 45.8 Å². The van der Waals surface area contributed by atoms with E-state index in [0.29, 0.717) is 15.7 Å². The highest BCUT2D eigenvalue weighted by Gasteiger charge is 2.11. The lowest BCUT2D eigenvalue weighted by Gasteiger charge is -2.08. The molecule has 5 nitrogen and oxygen atoms in total. The predicted molar refractivity (Wildman–Crippen MR) is 76.2 cm³/mol. The molecule has 2 aromatic carbocycles. The fourth-order valence-corrected chi connectivity index (χ4v) is 2.23. The number of anilines is 1. The molecule has 0 aliphatic carbocycles. The van der Waals surface area contributed by atoms with E-state index in [2.05, 4.69) is 21.2 Å². The second kappa shape index (κ2) is 5.87. The first-order chi connectivity index (χ1) is 9.45. The quantitative estimate of drug-likeness (QED) is 0.655. The third kappa shape index (κ3) is 3.45. The highest BCUT2D eigenvalue weighted by atomic mass is 79.9. The first kappa shape index (κ1) is 14.3. The van der Waals surface area contributed by atoms with Crippen LogP contribution in [0.4, 0.5) is 15.8 Å². The molecule has 7 heteroatoms. The average Bonchev–Trinajstić information content (AvgIpc) is 2.35. The second-order valence-corrected chi connectivity index (χ2v) is 4.95. The minimum absolute atomic E-state index is 0.0287. The summed E-state index contributed by atoms with van der Waals surface area (Å²) in [5, 5.41) is 22.9. The molecule has 104 valence electrons. The third-order valence-electron chi connectivity index (χ3n) is 2.58. The monoisotopic (exact) mass is 340 g/mol. The molecule has 0 saturated heterocycles. The number of phenols is 1. The fraction of sp³-hybridized carbons (Fsp3) is 0.0769. The molecule has 20 heavy (non-hydrogen) atoms. The van der Waals surface area contributed by atoms with Gasteiger partial charge in [0.05, 0.1) is 9.40 Å². The maximum atomic E-state index is 13.1. The molecule has 2 aromatic rings. The van der Waals surface area contributed by atoms with Crippen LogP contribution >= 0.6 is 15.9 Å². The Kier molecular flexibility index (Phi) is 4.19. The highest BCUT2D eigenvalue weighted by Crippen LogP contribution is 2.28. The molecule has 0 fully saturated rings. The Morgan fingerprint density at radius 3 is 2.65 bits per heavy atom. The number of nitro groups is 1. The first-order valence-electron chi connectivity index (χ1n) is 5.62. The molecule has 0 aliphatic heterocycles. The van der Waals surface area contributed by atoms with Crippen molar-refractivity contribution in [1.29, 1.82) is 0 Å². The first-order valence-corrected chi connectivity index (χ1v) is 6.41. The summed E-state index contributed by atoms with van der Waals surface area (Å²) in [6.07, 6.45) is 0. The van der Waals surface area contributed by atoms with Gasteiger partial charge in [0, 0.05) is 24.4 Å². The summed E-state index contributed by atoms with van der Waals surface area (Å²) >= 11 is 3.12. The zero-order valence-electron chi connectivity index (χ0n) is 10.1. The largest absolute Gasteiger partial charge is 0.508 e. The second-order valence-electron chi connectivity index (χ2n) is 4.09. The van der Waals surface area contributed by atoms with Crippen molar-refractivity contribution in [2.45, 2.75) is 6.54 Å². The van der Waals surface area contributed by atoms with Crippen molar-refractivity contribution >= 4 is 27.3 Å². The molecular formula is C13H10BrFN2O3. The van der Waals surface area contributed by atoms with Gasteiger partial charge in [-0.15, -0.1) is 0 Å². The standard InChI is InChI=1S/C13H10BrFN2O3/c14-12-6-10(1-2-13(12)17(19)20)16-7-8-3-9(15)5-11(18)4-8/h1-6,16,18H,7H2. The Hall–Kier alpha value is -2.15. The number of rotatable bonds is 4. The van der Waals surface area contributed by atoms with Gasteiger partial charge in [-0.2, -0.15) is 0 Å². The predicted octanol–water partition coefficient (Wildman–Crippen LogP) is 3.81. The summed E-state index contributed by atoms with van der Waals surface area (Å²) in [4.78, 5) is 10.2. The van der Waals surface area contributed by atoms with Gasteiger partial charge in [-0.25, -0.2) is 4.39 Å². The van der Waals surface area contributed by atoms with Crippen LogP contribution in [0.3, 0.4) is 0 Å². The molecule has 0 amide bonds. The lowest BCUT2D eigenvalue weighted by Crippen LogP contribution is -2.00. The lowest BCUT2D eigenvalue weighted by molar-refractivity contribution is -0.385. The molecule has 0 aliphatic rings. The van der Waals surface area contributed by atoms with Crippen molar-refractivity contribution in [2.24, 2.45) is 0 Å². The van der Waals surface area contributed by atoms with E-state index >= 15 is 0 Å². The topological polar surface area (TPSA) is 75.4 Å². The van der Waals surface area contributed by atoms with Crippen LogP contribution in [0.15, 0.2) is 40.9 Å². The van der Waals surface area contributed by atoms with Crippen LogP contribution in [0.2, 0.25) is 0 Å². The number of nitrogens with zero attached hydrogens (tertiary/aromatic N) is 1. The van der Waals surface area contributed by atoms with Crippen molar-refractivity contribution in [3.8, 4) is 5.75 Å². The zero-order chi connectivity index (χ0) is 14.7. The van der Waals surface area contributed by atoms with Crippen molar-refractivity contribution < 1.29 is 14.4 Å². The van der Waals surface area contributed by atoms with E-state index in [-0.39, 0.29) is 18.0 Å². The van der Waals surface area contributed by atoms with Gasteiger partial charge in [0.25, 0.3) is 5.69 Å². The Labute approximate surface area is 122 Å². The molecule has 0 heterocycles. The molecule has 0 bridgehead atoms. The van der Waals surface area contributed by atoms with Crippen molar-refractivity contribution in [2.75, 3.05) is 5.32 Å². The number of nitro benzene ring substituents is 1. The number of aromatic hydroxyl groups is 1. The smallest absolute Gasteiger partial charge is 0.283 e. The van der Waals surface area contributed by atoms with Crippen LogP contribution in [-0.4, -0.2) is 10.0 Å². The van der Waals surface area contributed by atoms with Crippen LogP contribution in [-0.2, 0) is 6.54 Å². The number of benzene rings is 2. The van der Waals surface area contributed by atoms with Gasteiger partial charge in [0.15, 0.2) is 0 Å². The molecule has 0 saturated carbocycles. The molecule has 2 rings (SSSR count). The van der Waals surface area contributed by atoms with Crippen molar-refractivity contribution in [3.05, 3.63) is 62.4 Å². The molecule has 0 aromatic heterocycles. The SMILES string of the molecule is O=[N+]([O-])c1ccc(NCc2cc(O)cc(F)c2)cc1Br. The summed E-state index contributed by atoms with van der Waals surface area (Å²) in [5.74, 6) is -0.668. The van der Waals surface area contributed by atoms with E-state index in [1.165, 1.54) is 18.2 Å². The van der Waals surface area contributed by atoms with E-state index in [4.69, 9.17) is 0 Å². The number of phenolic OH excluding ortho intramolecular Hbond substituents is 1. The maximum Gasteiger partial charge on any atom is 0.283 e. The summed E-state index contributed by atoms with van der Waals surface area (Å²) < 4.78 is 13.4. The number of hydrogen-bond donors (Lipinski definition) is 2. The highest BCUT2D eigenvalue weighted by molar-refractivity contribution is 9.10. The summed E-state index contributed by atoms with van der Waals surface area (Å²) in [6.45, 7) is 0.287. The normalized spacial score (nSPS) is 10.3. The molecular weight excluding hydrogens is 331 g/mol. The van der Waals surface area contributed by atoms with E-state index in [1.807, 2.05) is 0 Å². The zero-order valence-corrected chi connectivity index (χ0v) is 11.7. The molecule has 2 N–H and O–H groups in total. The Morgan fingerprint density at radius 1 is 1.30 bits per heavy atom. The number of halogens is 2. The van der Waals surface area contributed by atoms with Gasteiger partial charge >= 0.3 is 0 Å². The van der Waals surface area contributed by atoms with Gasteiger partial charge in [0.2, 0.25) is 0 Å². The lowest BCUT2D eigenvalue weighted by atomic mass is 10.2. The Morgan fingerprint density at radius 2 is 2.05 bits per heavy atom. The average molecular weight is 341 g/mol. The molecule has 0 atom stereocenters. The van der Waals surface area contributed by atoms with Crippen LogP contribution in [0.25, 0.3) is 0 Å². The van der Waals surface area contributed by atoms with E-state index in [9.17, 15) is 19.6 Å². The number of nitrogens with one attached hydrogen (secondary N) is 1. The summed E-state index contributed by atoms with van der Waals surface area (Å²) in [7, 11) is 0. The maximum absolute atomic E-state index is 13.1. The van der Waals surface area contributed by atoms with Crippen molar-refractivity contribution in [3.63, 3.8) is 0 Å². The fourth-order valence-electron chi connectivity index (χ4n) is 1.70. The van der Waals surface area contributed by atoms with E-state index in [1.54, 1.807) is 12.1 Å². The Bertz CT molecular complexity index is 644. The summed E-state index contributed by atoms with van der Waals surface area (Å²) in [5.41, 5.74) is 1.18. The van der Waals surface area contributed by atoms with Gasteiger partial charge in [0.1, 0.15) is 11.6 Å². The minimum Gasteiger partial charge on any atom is -0.508 e. The summed E-state index contributed by atoms with van der Waals surface area (Å²) in [6, 6.07) is 8.25. The van der Waals surface area contributed by atoms with Gasteiger partial charge in [-0.3, -0.25) is 10.1 Å².